The lowest BCUT2D eigenvalue weighted by atomic mass is 9.90. The third-order valence-corrected chi connectivity index (χ3v) is 5.09. The van der Waals surface area contributed by atoms with Crippen LogP contribution in [-0.4, -0.2) is 40.3 Å². The number of hydrogen-bond acceptors (Lipinski definition) is 3. The van der Waals surface area contributed by atoms with E-state index in [9.17, 15) is 4.79 Å². The van der Waals surface area contributed by atoms with Crippen molar-refractivity contribution in [2.45, 2.75) is 18.5 Å². The molecule has 0 spiro atoms. The van der Waals surface area contributed by atoms with Gasteiger partial charge in [0.05, 0.1) is 23.8 Å². The number of carbonyl (C=O) groups excluding carboxylic acids is 1. The van der Waals surface area contributed by atoms with Crippen molar-refractivity contribution in [2.24, 2.45) is 5.73 Å². The van der Waals surface area contributed by atoms with E-state index in [1.165, 1.54) is 0 Å². The summed E-state index contributed by atoms with van der Waals surface area (Å²) in [7, 11) is 0. The molecular weight excluding hydrogens is 326 g/mol. The lowest BCUT2D eigenvalue weighted by Crippen LogP contribution is -2.44. The summed E-state index contributed by atoms with van der Waals surface area (Å²) in [5.41, 5.74) is 8.24. The number of carbonyl (C=O) groups is 1. The van der Waals surface area contributed by atoms with Crippen LogP contribution in [0.3, 0.4) is 0 Å². The molecule has 26 heavy (non-hydrogen) atoms. The van der Waals surface area contributed by atoms with E-state index < -0.39 is 5.54 Å². The number of nitrogens with one attached hydrogen (secondary N) is 1. The summed E-state index contributed by atoms with van der Waals surface area (Å²) in [5.74, 6) is 0. The molecule has 1 saturated heterocycles. The number of aromatic nitrogens is 2. The summed E-state index contributed by atoms with van der Waals surface area (Å²) in [5, 5.41) is 8.48. The van der Waals surface area contributed by atoms with E-state index in [-0.39, 0.29) is 6.03 Å². The Kier molecular flexibility index (Phi) is 4.34. The second-order valence-corrected chi connectivity index (χ2v) is 6.85. The van der Waals surface area contributed by atoms with Crippen LogP contribution in [0.1, 0.15) is 12.0 Å². The van der Waals surface area contributed by atoms with Gasteiger partial charge in [0.15, 0.2) is 0 Å². The zero-order valence-electron chi connectivity index (χ0n) is 14.6. The Morgan fingerprint density at radius 1 is 1.15 bits per heavy atom. The first kappa shape index (κ1) is 16.6. The number of fused-ring (bicyclic) bond motifs is 1. The van der Waals surface area contributed by atoms with Crippen molar-refractivity contribution >= 4 is 16.9 Å². The molecule has 0 bridgehead atoms. The average molecular weight is 349 g/mol. The van der Waals surface area contributed by atoms with Crippen LogP contribution in [-0.2, 0) is 12.1 Å². The standard InChI is InChI=1S/C20H23N5O/c21-20(17-7-2-1-3-8-17)10-12-24(15-20)19(26)22-11-13-25-18-9-5-4-6-16(18)14-23-25/h1-9,14H,10-13,15,21H2,(H,22,26). The Bertz CT molecular complexity index is 907. The highest BCUT2D eigenvalue weighted by molar-refractivity contribution is 5.78. The first-order valence-corrected chi connectivity index (χ1v) is 8.93. The average Bonchev–Trinajstić information content (AvgIpc) is 3.28. The van der Waals surface area contributed by atoms with Gasteiger partial charge in [-0.05, 0) is 18.1 Å². The molecule has 2 aromatic carbocycles. The number of likely N-dealkylation sites (tertiary alicyclic amines) is 1. The van der Waals surface area contributed by atoms with Gasteiger partial charge in [-0.2, -0.15) is 5.10 Å². The minimum absolute atomic E-state index is 0.0651. The number of nitrogens with two attached hydrogens (primary N) is 1. The van der Waals surface area contributed by atoms with Crippen molar-refractivity contribution in [3.05, 3.63) is 66.4 Å². The van der Waals surface area contributed by atoms with E-state index in [0.717, 1.165) is 22.9 Å². The van der Waals surface area contributed by atoms with Crippen molar-refractivity contribution in [2.75, 3.05) is 19.6 Å². The number of amides is 2. The molecule has 134 valence electrons. The van der Waals surface area contributed by atoms with Crippen molar-refractivity contribution < 1.29 is 4.79 Å². The molecule has 1 fully saturated rings. The van der Waals surface area contributed by atoms with Gasteiger partial charge in [0.1, 0.15) is 0 Å². The van der Waals surface area contributed by atoms with E-state index in [0.29, 0.717) is 26.2 Å². The topological polar surface area (TPSA) is 76.2 Å². The Hall–Kier alpha value is -2.86. The van der Waals surface area contributed by atoms with Gasteiger partial charge in [0, 0.05) is 25.0 Å². The van der Waals surface area contributed by atoms with Crippen LogP contribution >= 0.6 is 0 Å². The molecule has 4 rings (SSSR count). The quantitative estimate of drug-likeness (QED) is 0.759. The van der Waals surface area contributed by atoms with Gasteiger partial charge >= 0.3 is 6.03 Å². The third kappa shape index (κ3) is 3.15. The second-order valence-electron chi connectivity index (χ2n) is 6.85. The molecule has 1 aliphatic rings. The predicted molar refractivity (Wildman–Crippen MR) is 102 cm³/mol. The van der Waals surface area contributed by atoms with Crippen LogP contribution in [0.5, 0.6) is 0 Å². The number of rotatable bonds is 4. The Balaban J connectivity index is 1.33. The molecule has 2 amide bonds. The van der Waals surface area contributed by atoms with Gasteiger partial charge < -0.3 is 16.0 Å². The summed E-state index contributed by atoms with van der Waals surface area (Å²) >= 11 is 0. The fourth-order valence-electron chi connectivity index (χ4n) is 3.60. The summed E-state index contributed by atoms with van der Waals surface area (Å²) in [6.45, 7) is 2.37. The highest BCUT2D eigenvalue weighted by Crippen LogP contribution is 2.29. The van der Waals surface area contributed by atoms with Crippen LogP contribution in [0.25, 0.3) is 10.9 Å². The molecule has 3 N–H and O–H groups in total. The number of nitrogens with zero attached hydrogens (tertiary/aromatic N) is 3. The van der Waals surface area contributed by atoms with Gasteiger partial charge in [0.2, 0.25) is 0 Å². The van der Waals surface area contributed by atoms with Gasteiger partial charge in [-0.3, -0.25) is 4.68 Å². The summed E-state index contributed by atoms with van der Waals surface area (Å²) in [6, 6.07) is 18.0. The number of hydrogen-bond donors (Lipinski definition) is 2. The fourth-order valence-corrected chi connectivity index (χ4v) is 3.60. The summed E-state index contributed by atoms with van der Waals surface area (Å²) in [4.78, 5) is 14.3. The fraction of sp³-hybridized carbons (Fsp3) is 0.300. The van der Waals surface area contributed by atoms with Gasteiger partial charge in [0.25, 0.3) is 0 Å². The first-order valence-electron chi connectivity index (χ1n) is 8.93. The maximum atomic E-state index is 12.5. The van der Waals surface area contributed by atoms with E-state index >= 15 is 0 Å². The second kappa shape index (κ2) is 6.80. The third-order valence-electron chi connectivity index (χ3n) is 5.09. The lowest BCUT2D eigenvalue weighted by molar-refractivity contribution is 0.205. The van der Waals surface area contributed by atoms with E-state index in [4.69, 9.17) is 5.73 Å². The number of urea groups is 1. The molecule has 2 heterocycles. The molecule has 6 heteroatoms. The van der Waals surface area contributed by atoms with Crippen molar-refractivity contribution in [1.29, 1.82) is 0 Å². The van der Waals surface area contributed by atoms with Gasteiger partial charge in [-0.15, -0.1) is 0 Å². The van der Waals surface area contributed by atoms with Crippen molar-refractivity contribution in [3.8, 4) is 0 Å². The maximum absolute atomic E-state index is 12.5. The highest BCUT2D eigenvalue weighted by Gasteiger charge is 2.37. The molecule has 0 aliphatic carbocycles. The van der Waals surface area contributed by atoms with Crippen LogP contribution in [0, 0.1) is 0 Å². The van der Waals surface area contributed by atoms with Crippen LogP contribution < -0.4 is 11.1 Å². The Labute approximate surface area is 152 Å². The van der Waals surface area contributed by atoms with Crippen molar-refractivity contribution in [3.63, 3.8) is 0 Å². The molecular formula is C20H23N5O. The predicted octanol–water partition coefficient (Wildman–Crippen LogP) is 2.31. The van der Waals surface area contributed by atoms with E-state index in [1.54, 1.807) is 4.90 Å². The maximum Gasteiger partial charge on any atom is 0.317 e. The smallest absolute Gasteiger partial charge is 0.317 e. The highest BCUT2D eigenvalue weighted by atomic mass is 16.2. The molecule has 0 radical (unpaired) electrons. The van der Waals surface area contributed by atoms with Crippen LogP contribution in [0.4, 0.5) is 4.79 Å². The minimum atomic E-state index is -0.462. The summed E-state index contributed by atoms with van der Waals surface area (Å²) in [6.07, 6.45) is 2.62. The molecule has 3 aromatic rings. The van der Waals surface area contributed by atoms with Crippen molar-refractivity contribution in [1.82, 2.24) is 20.0 Å². The molecule has 1 unspecified atom stereocenters. The number of benzene rings is 2. The molecule has 0 saturated carbocycles. The summed E-state index contributed by atoms with van der Waals surface area (Å²) < 4.78 is 1.91. The molecule has 6 nitrogen and oxygen atoms in total. The number of para-hydroxylation sites is 1. The zero-order chi connectivity index (χ0) is 18.0. The Morgan fingerprint density at radius 3 is 2.77 bits per heavy atom. The minimum Gasteiger partial charge on any atom is -0.336 e. The first-order chi connectivity index (χ1) is 12.7. The van der Waals surface area contributed by atoms with E-state index in [2.05, 4.69) is 10.4 Å². The van der Waals surface area contributed by atoms with Gasteiger partial charge in [-0.1, -0.05) is 48.5 Å². The molecule has 1 aromatic heterocycles. The van der Waals surface area contributed by atoms with E-state index in [1.807, 2.05) is 65.5 Å². The van der Waals surface area contributed by atoms with Crippen LogP contribution in [0.15, 0.2) is 60.8 Å². The Morgan fingerprint density at radius 2 is 1.92 bits per heavy atom. The normalized spacial score (nSPS) is 19.8. The SMILES string of the molecule is NC1(c2ccccc2)CCN(C(=O)NCCn2ncc3ccccc32)C1. The molecule has 1 aliphatic heterocycles. The monoisotopic (exact) mass is 349 g/mol. The largest absolute Gasteiger partial charge is 0.336 e. The van der Waals surface area contributed by atoms with Crippen LogP contribution in [0.2, 0.25) is 0 Å². The lowest BCUT2D eigenvalue weighted by Gasteiger charge is -2.25. The zero-order valence-corrected chi connectivity index (χ0v) is 14.6. The van der Waals surface area contributed by atoms with Gasteiger partial charge in [-0.25, -0.2) is 4.79 Å². The molecule has 1 atom stereocenters.